The first-order valence-electron chi connectivity index (χ1n) is 18.6. The van der Waals surface area contributed by atoms with E-state index in [1.165, 1.54) is 7.11 Å². The monoisotopic (exact) mass is 746 g/mol. The van der Waals surface area contributed by atoms with Gasteiger partial charge in [0.15, 0.2) is 0 Å². The maximum atomic E-state index is 13.5. The Hall–Kier alpha value is -6.28. The molecule has 2 aromatic carbocycles. The summed E-state index contributed by atoms with van der Waals surface area (Å²) in [7, 11) is 1.27. The number of likely N-dealkylation sites (tertiary alicyclic amines) is 2. The summed E-state index contributed by atoms with van der Waals surface area (Å²) in [5.41, 5.74) is 3.11. The summed E-state index contributed by atoms with van der Waals surface area (Å²) in [4.78, 5) is 69.6. The molecule has 4 heterocycles. The summed E-state index contributed by atoms with van der Waals surface area (Å²) in [6.45, 7) is 8.49. The van der Waals surface area contributed by atoms with Crippen LogP contribution in [0, 0.1) is 35.5 Å². The Balaban J connectivity index is 1.17. The predicted octanol–water partition coefficient (Wildman–Crippen LogP) is 5.36. The first kappa shape index (κ1) is 38.4. The first-order chi connectivity index (χ1) is 26.5. The number of carbonyl (C=O) groups is 4. The summed E-state index contributed by atoms with van der Waals surface area (Å²) in [6.07, 6.45) is 4.60. The molecule has 2 saturated heterocycles. The number of ether oxygens (including phenoxy) is 1. The van der Waals surface area contributed by atoms with Gasteiger partial charge in [-0.2, -0.15) is 0 Å². The highest BCUT2D eigenvalue weighted by Gasteiger charge is 2.38. The van der Waals surface area contributed by atoms with E-state index >= 15 is 0 Å². The highest BCUT2D eigenvalue weighted by Crippen LogP contribution is 2.35. The van der Waals surface area contributed by atoms with Gasteiger partial charge in [0.25, 0.3) is 0 Å². The van der Waals surface area contributed by atoms with Crippen molar-refractivity contribution in [2.45, 2.75) is 77.5 Å². The number of alkyl carbamates (subject to hydrolysis) is 1. The van der Waals surface area contributed by atoms with Crippen LogP contribution in [0.3, 0.4) is 0 Å². The third kappa shape index (κ3) is 8.44. The van der Waals surface area contributed by atoms with Crippen LogP contribution in [0.4, 0.5) is 9.59 Å². The van der Waals surface area contributed by atoms with E-state index < -0.39 is 24.3 Å². The van der Waals surface area contributed by atoms with Crippen molar-refractivity contribution < 1.29 is 29.0 Å². The number of amides is 4. The molecule has 2 aliphatic heterocycles. The van der Waals surface area contributed by atoms with Crippen LogP contribution >= 0.6 is 0 Å². The molecule has 4 aromatic rings. The largest absolute Gasteiger partial charge is 0.465 e. The lowest BCUT2D eigenvalue weighted by molar-refractivity contribution is -0.136. The van der Waals surface area contributed by atoms with Gasteiger partial charge >= 0.3 is 12.2 Å². The second kappa shape index (κ2) is 16.8. The molecule has 4 amide bonds. The zero-order chi connectivity index (χ0) is 39.2. The van der Waals surface area contributed by atoms with Crippen LogP contribution in [-0.4, -0.2) is 91.1 Å². The molecule has 0 unspecified atom stereocenters. The van der Waals surface area contributed by atoms with Crippen molar-refractivity contribution in [3.05, 3.63) is 71.7 Å². The van der Waals surface area contributed by atoms with Crippen molar-refractivity contribution in [3.63, 3.8) is 0 Å². The average molecular weight is 747 g/mol. The number of H-pyrrole nitrogens is 2. The van der Waals surface area contributed by atoms with E-state index in [-0.39, 0.29) is 35.7 Å². The van der Waals surface area contributed by atoms with Crippen LogP contribution in [0.15, 0.2) is 48.8 Å². The van der Waals surface area contributed by atoms with Crippen molar-refractivity contribution in [1.82, 2.24) is 40.4 Å². The Bertz CT molecular complexity index is 2200. The van der Waals surface area contributed by atoms with Crippen LogP contribution in [0.2, 0.25) is 0 Å². The topological polar surface area (TPSA) is 186 Å². The van der Waals surface area contributed by atoms with Crippen LogP contribution in [0.1, 0.15) is 88.4 Å². The van der Waals surface area contributed by atoms with E-state index in [0.29, 0.717) is 30.4 Å². The SMILES string of the molecule is COC(=O)N[C@H](C(=O)N1CCC[C@H]1c1ncc(C#CC#Cc2ccc(-c3cnc([C@@H]4CCCN4C(=O)[C@@H](NC(=O)O)C(C)C)[nH]3)c3ccccc23)[nH]1)C(C)C. The first-order valence-corrected chi connectivity index (χ1v) is 18.6. The Morgan fingerprint density at radius 3 is 2.00 bits per heavy atom. The molecule has 2 aliphatic rings. The van der Waals surface area contributed by atoms with Crippen LogP contribution in [-0.2, 0) is 14.3 Å². The standard InChI is InChI=1S/C41H46N8O6/c1-24(2)34(46-40(52)53)38(50)49-21-11-17-33(49)37-43-23-31(45-37)30-19-18-26(28-14-8-9-15-29(28)30)12-6-7-13-27-22-42-36(44-27)32-16-10-20-48(32)39(51)35(25(3)4)47-41(54)55-5/h8-9,14-15,18-19,22-25,32-35,46H,10-11,16-17,20-21H2,1-5H3,(H,42,44)(H,43,45)(H,47,54)(H,52,53)/t32-,33-,34-,35-/m0/s1. The van der Waals surface area contributed by atoms with E-state index in [9.17, 15) is 24.3 Å². The molecule has 5 N–H and O–H groups in total. The van der Waals surface area contributed by atoms with Gasteiger partial charge in [-0.1, -0.05) is 63.9 Å². The number of imidazole rings is 2. The van der Waals surface area contributed by atoms with Crippen molar-refractivity contribution >= 4 is 34.8 Å². The quantitative estimate of drug-likeness (QED) is 0.142. The number of carbonyl (C=O) groups excluding carboxylic acids is 3. The third-order valence-electron chi connectivity index (χ3n) is 10.2. The molecule has 0 spiro atoms. The van der Waals surface area contributed by atoms with Crippen molar-refractivity contribution in [2.75, 3.05) is 20.2 Å². The van der Waals surface area contributed by atoms with Crippen LogP contribution in [0.25, 0.3) is 22.0 Å². The second-order valence-corrected chi connectivity index (χ2v) is 14.5. The molecule has 286 valence electrons. The molecular formula is C41H46N8O6. The second-order valence-electron chi connectivity index (χ2n) is 14.5. The average Bonchev–Trinajstić information content (AvgIpc) is 4.00. The molecule has 55 heavy (non-hydrogen) atoms. The Morgan fingerprint density at radius 2 is 1.38 bits per heavy atom. The smallest absolute Gasteiger partial charge is 0.407 e. The molecule has 6 rings (SSSR count). The summed E-state index contributed by atoms with van der Waals surface area (Å²) in [6, 6.07) is 9.79. The molecule has 4 atom stereocenters. The third-order valence-corrected chi connectivity index (χ3v) is 10.2. The number of nitrogens with one attached hydrogen (secondary N) is 4. The molecule has 14 nitrogen and oxygen atoms in total. The van der Waals surface area contributed by atoms with E-state index in [0.717, 1.165) is 53.3 Å². The van der Waals surface area contributed by atoms with E-state index in [1.807, 2.05) is 64.1 Å². The number of rotatable bonds is 9. The minimum absolute atomic E-state index is 0.127. The number of benzene rings is 2. The number of hydrogen-bond donors (Lipinski definition) is 5. The molecule has 0 radical (unpaired) electrons. The van der Waals surface area contributed by atoms with Crippen molar-refractivity contribution in [1.29, 1.82) is 0 Å². The van der Waals surface area contributed by atoms with Gasteiger partial charge in [-0.05, 0) is 72.1 Å². The number of nitrogens with zero attached hydrogens (tertiary/aromatic N) is 4. The molecule has 0 saturated carbocycles. The fourth-order valence-electron chi connectivity index (χ4n) is 7.39. The fourth-order valence-corrected chi connectivity index (χ4v) is 7.39. The molecule has 2 aromatic heterocycles. The van der Waals surface area contributed by atoms with E-state index in [1.54, 1.807) is 22.2 Å². The van der Waals surface area contributed by atoms with Crippen molar-refractivity contribution in [2.24, 2.45) is 11.8 Å². The Kier molecular flexibility index (Phi) is 11.7. The van der Waals surface area contributed by atoms with Gasteiger partial charge in [0, 0.05) is 24.2 Å². The number of fused-ring (bicyclic) bond motifs is 1. The lowest BCUT2D eigenvalue weighted by Gasteiger charge is -2.29. The highest BCUT2D eigenvalue weighted by molar-refractivity contribution is 5.99. The molecule has 2 fully saturated rings. The minimum Gasteiger partial charge on any atom is -0.465 e. The fraction of sp³-hybridized carbons (Fsp3) is 0.415. The predicted molar refractivity (Wildman–Crippen MR) is 205 cm³/mol. The minimum atomic E-state index is -1.22. The molecule has 0 bridgehead atoms. The summed E-state index contributed by atoms with van der Waals surface area (Å²) >= 11 is 0. The van der Waals surface area contributed by atoms with Gasteiger partial charge in [0.2, 0.25) is 11.8 Å². The number of methoxy groups -OCH3 is 1. The van der Waals surface area contributed by atoms with Crippen LogP contribution in [0.5, 0.6) is 0 Å². The number of hydrogen-bond acceptors (Lipinski definition) is 7. The van der Waals surface area contributed by atoms with Gasteiger partial charge < -0.3 is 40.2 Å². The van der Waals surface area contributed by atoms with Gasteiger partial charge in [0.05, 0.1) is 37.3 Å². The van der Waals surface area contributed by atoms with Crippen molar-refractivity contribution in [3.8, 4) is 34.9 Å². The van der Waals surface area contributed by atoms with E-state index in [2.05, 4.69) is 54.3 Å². The van der Waals surface area contributed by atoms with E-state index in [4.69, 9.17) is 4.74 Å². The number of aromatic amines is 2. The lowest BCUT2D eigenvalue weighted by atomic mass is 9.98. The number of aromatic nitrogens is 4. The van der Waals surface area contributed by atoms with Gasteiger partial charge in [-0.15, -0.1) is 0 Å². The zero-order valence-corrected chi connectivity index (χ0v) is 31.6. The maximum Gasteiger partial charge on any atom is 0.407 e. The normalized spacial score (nSPS) is 17.7. The summed E-state index contributed by atoms with van der Waals surface area (Å²) in [5.74, 6) is 12.7. The Labute approximate surface area is 319 Å². The van der Waals surface area contributed by atoms with Gasteiger partial charge in [-0.25, -0.2) is 19.6 Å². The van der Waals surface area contributed by atoms with Crippen LogP contribution < -0.4 is 10.6 Å². The highest BCUT2D eigenvalue weighted by atomic mass is 16.5. The van der Waals surface area contributed by atoms with Gasteiger partial charge in [-0.3, -0.25) is 9.59 Å². The molecular weight excluding hydrogens is 701 g/mol. The zero-order valence-electron chi connectivity index (χ0n) is 31.6. The lowest BCUT2D eigenvalue weighted by Crippen LogP contribution is -2.51. The Morgan fingerprint density at radius 1 is 0.800 bits per heavy atom. The maximum absolute atomic E-state index is 13.5. The molecule has 14 heteroatoms. The number of carboxylic acid groups (broad SMARTS) is 1. The summed E-state index contributed by atoms with van der Waals surface area (Å²) in [5, 5.41) is 16.3. The summed E-state index contributed by atoms with van der Waals surface area (Å²) < 4.78 is 4.73. The van der Waals surface area contributed by atoms with Gasteiger partial charge in [0.1, 0.15) is 29.4 Å². The molecule has 0 aliphatic carbocycles.